The summed E-state index contributed by atoms with van der Waals surface area (Å²) in [6, 6.07) is 41.4. The van der Waals surface area contributed by atoms with E-state index < -0.39 is 58.2 Å². The molecule has 4 aromatic carbocycles. The third-order valence-electron chi connectivity index (χ3n) is 11.2. The van der Waals surface area contributed by atoms with Crippen molar-refractivity contribution in [1.29, 1.82) is 0 Å². The molecule has 11 heteroatoms. The zero-order chi connectivity index (χ0) is 39.9. The van der Waals surface area contributed by atoms with Gasteiger partial charge in [0.2, 0.25) is 0 Å². The smallest absolute Gasteiger partial charge is 0.330 e. The Kier molecular flexibility index (Phi) is 10.9. The molecule has 56 heavy (non-hydrogen) atoms. The average molecular weight is 791 g/mol. The molecule has 5 aromatic rings. The highest BCUT2D eigenvalue weighted by Crippen LogP contribution is 2.44. The van der Waals surface area contributed by atoms with Gasteiger partial charge >= 0.3 is 5.69 Å². The van der Waals surface area contributed by atoms with Gasteiger partial charge in [-0.25, -0.2) is 4.79 Å². The van der Waals surface area contributed by atoms with Gasteiger partial charge in [-0.1, -0.05) is 163 Å². The fraction of sp³-hybridized carbons (Fsp3) is 0.378. The number of ether oxygens (including phenoxy) is 3. The highest BCUT2D eigenvalue weighted by molar-refractivity contribution is 7.00. The van der Waals surface area contributed by atoms with Crippen LogP contribution in [-0.4, -0.2) is 56.9 Å². The lowest BCUT2D eigenvalue weighted by atomic mass is 10.1. The van der Waals surface area contributed by atoms with E-state index in [0.29, 0.717) is 5.56 Å². The first-order chi connectivity index (χ1) is 26.6. The summed E-state index contributed by atoms with van der Waals surface area (Å²) in [6.07, 6.45) is -1.09. The average Bonchev–Trinajstić information content (AvgIpc) is 3.66. The van der Waals surface area contributed by atoms with E-state index in [1.54, 1.807) is 6.20 Å². The second-order valence-electron chi connectivity index (χ2n) is 17.4. The Hall–Kier alpha value is -4.21. The number of nitrogens with one attached hydrogen (secondary N) is 1. The Morgan fingerprint density at radius 2 is 1.05 bits per heavy atom. The second kappa shape index (κ2) is 15.3. The summed E-state index contributed by atoms with van der Waals surface area (Å²) in [5, 5.41) is 3.92. The first-order valence-electron chi connectivity index (χ1n) is 19.4. The maximum Gasteiger partial charge on any atom is 0.330 e. The van der Waals surface area contributed by atoms with E-state index in [0.717, 1.165) is 20.7 Å². The van der Waals surface area contributed by atoms with Crippen LogP contribution in [0.25, 0.3) is 0 Å². The molecule has 7 rings (SSSR count). The summed E-state index contributed by atoms with van der Waals surface area (Å²) >= 11 is 0. The van der Waals surface area contributed by atoms with Gasteiger partial charge in [0.15, 0.2) is 12.0 Å². The van der Waals surface area contributed by atoms with Crippen molar-refractivity contribution in [2.75, 3.05) is 6.61 Å². The Bertz CT molecular complexity index is 2140. The Morgan fingerprint density at radius 1 is 0.643 bits per heavy atom. The first-order valence-corrected chi connectivity index (χ1v) is 23.2. The minimum atomic E-state index is -3.00. The van der Waals surface area contributed by atoms with Gasteiger partial charge in [-0.2, -0.15) is 0 Å². The maximum atomic E-state index is 13.7. The molecule has 0 radical (unpaired) electrons. The number of benzene rings is 4. The van der Waals surface area contributed by atoms with Gasteiger partial charge in [-0.3, -0.25) is 14.3 Å². The van der Waals surface area contributed by atoms with Crippen LogP contribution in [0.15, 0.2) is 137 Å². The predicted molar refractivity (Wildman–Crippen MR) is 225 cm³/mol. The lowest BCUT2D eigenvalue weighted by molar-refractivity contribution is -0.200. The third-order valence-corrected chi connectivity index (χ3v) is 21.2. The van der Waals surface area contributed by atoms with E-state index in [-0.39, 0.29) is 23.3 Å². The number of hydrogen-bond donors (Lipinski definition) is 1. The zero-order valence-corrected chi connectivity index (χ0v) is 35.7. The second-order valence-corrected chi connectivity index (χ2v) is 26.0. The van der Waals surface area contributed by atoms with Crippen molar-refractivity contribution in [2.24, 2.45) is 0 Å². The summed E-state index contributed by atoms with van der Waals surface area (Å²) in [6.45, 7) is 17.2. The van der Waals surface area contributed by atoms with Crippen molar-refractivity contribution in [3.63, 3.8) is 0 Å². The molecule has 3 heterocycles. The lowest BCUT2D eigenvalue weighted by Gasteiger charge is -2.43. The van der Waals surface area contributed by atoms with Crippen molar-refractivity contribution in [3.05, 3.63) is 154 Å². The molecule has 294 valence electrons. The topological polar surface area (TPSA) is 101 Å². The van der Waals surface area contributed by atoms with Crippen LogP contribution in [0.2, 0.25) is 10.1 Å². The highest BCUT2D eigenvalue weighted by Gasteiger charge is 2.58. The summed E-state index contributed by atoms with van der Waals surface area (Å²) < 4.78 is 35.6. The Balaban J connectivity index is 1.24. The molecule has 0 aliphatic carbocycles. The van der Waals surface area contributed by atoms with Gasteiger partial charge in [0.25, 0.3) is 22.2 Å². The van der Waals surface area contributed by atoms with Gasteiger partial charge in [-0.05, 0) is 44.7 Å². The van der Waals surface area contributed by atoms with Crippen LogP contribution >= 0.6 is 0 Å². The van der Waals surface area contributed by atoms with Gasteiger partial charge in [-0.15, -0.1) is 0 Å². The molecule has 2 saturated heterocycles. The fourth-order valence-corrected chi connectivity index (χ4v) is 17.8. The molecule has 2 aliphatic rings. The van der Waals surface area contributed by atoms with Crippen LogP contribution in [0.5, 0.6) is 0 Å². The van der Waals surface area contributed by atoms with Crippen LogP contribution in [0, 0.1) is 0 Å². The van der Waals surface area contributed by atoms with Crippen LogP contribution in [0.4, 0.5) is 0 Å². The molecule has 1 N–H and O–H groups in total. The predicted octanol–water partition coefficient (Wildman–Crippen LogP) is 5.61. The summed E-state index contributed by atoms with van der Waals surface area (Å²) in [5.74, 6) is -0.936. The molecule has 2 fully saturated rings. The number of aromatic amines is 1. The lowest BCUT2D eigenvalue weighted by Crippen LogP contribution is -2.67. The molecule has 0 spiro atoms. The molecule has 9 nitrogen and oxygen atoms in total. The number of H-pyrrole nitrogens is 1. The quantitative estimate of drug-likeness (QED) is 0.174. The van der Waals surface area contributed by atoms with Crippen molar-refractivity contribution < 1.29 is 23.1 Å². The maximum absolute atomic E-state index is 13.7. The molecule has 0 bridgehead atoms. The van der Waals surface area contributed by atoms with E-state index in [1.165, 1.54) is 4.57 Å². The molecule has 0 unspecified atom stereocenters. The number of fused-ring (bicyclic) bond motifs is 1. The van der Waals surface area contributed by atoms with E-state index in [1.807, 2.05) is 62.4 Å². The molecule has 0 amide bonds. The molecule has 4 atom stereocenters. The van der Waals surface area contributed by atoms with E-state index >= 15 is 0 Å². The van der Waals surface area contributed by atoms with Crippen molar-refractivity contribution >= 4 is 37.4 Å². The first kappa shape index (κ1) is 40.0. The molecule has 2 aliphatic heterocycles. The largest absolute Gasteiger partial charge is 0.405 e. The summed E-state index contributed by atoms with van der Waals surface area (Å²) in [4.78, 5) is 29.9. The van der Waals surface area contributed by atoms with Gasteiger partial charge in [0.1, 0.15) is 18.3 Å². The SMILES string of the molecule is CC1(C)O[C@@H]2[C@H](O1)[C@@H](CO[Si](c1ccccc1)(c1ccccc1)C(C)(C)C)O[C@H]2n1cc(CO[Si](c2ccccc2)(c2ccccc2)C(C)(C)C)c(=O)[nH]c1=O. The van der Waals surface area contributed by atoms with Crippen molar-refractivity contribution in [3.8, 4) is 0 Å². The van der Waals surface area contributed by atoms with Crippen molar-refractivity contribution in [2.45, 2.75) is 102 Å². The van der Waals surface area contributed by atoms with Crippen molar-refractivity contribution in [1.82, 2.24) is 9.55 Å². The molecular formula is C45H54N2O7Si2. The summed E-state index contributed by atoms with van der Waals surface area (Å²) in [7, 11) is -5.93. The monoisotopic (exact) mass is 790 g/mol. The van der Waals surface area contributed by atoms with E-state index in [4.69, 9.17) is 23.1 Å². The number of hydrogen-bond acceptors (Lipinski definition) is 7. The number of nitrogens with zero attached hydrogens (tertiary/aromatic N) is 1. The van der Waals surface area contributed by atoms with Crippen LogP contribution < -0.4 is 32.0 Å². The molecule has 0 saturated carbocycles. The number of rotatable bonds is 11. The highest BCUT2D eigenvalue weighted by atomic mass is 28.4. The Morgan fingerprint density at radius 3 is 1.48 bits per heavy atom. The van der Waals surface area contributed by atoms with Gasteiger partial charge in [0.05, 0.1) is 18.8 Å². The third kappa shape index (κ3) is 7.26. The molecular weight excluding hydrogens is 737 g/mol. The van der Waals surface area contributed by atoms with Crippen LogP contribution in [-0.2, 0) is 29.7 Å². The van der Waals surface area contributed by atoms with Crippen LogP contribution in [0.3, 0.4) is 0 Å². The standard InChI is InChI=1S/C45H54N2O7Si2/c1-43(2,3)55(33-21-13-9-14-22-33,34-23-15-10-16-24-34)50-30-32-29-47(42(49)46-40(32)48)41-39-38(53-45(7,8)54-39)37(52-41)31-51-56(44(4,5)6,35-25-17-11-18-26-35)36-27-19-12-20-28-36/h9-29,37-39,41H,30-31H2,1-8H3,(H,46,48,49)/t37-,38-,39-,41-/m1/s1. The fourth-order valence-electron chi connectivity index (χ4n) is 8.75. The minimum absolute atomic E-state index is 0.0209. The zero-order valence-electron chi connectivity index (χ0n) is 33.7. The number of aromatic nitrogens is 2. The Labute approximate surface area is 331 Å². The van der Waals surface area contributed by atoms with E-state index in [2.05, 4.69) is 119 Å². The van der Waals surface area contributed by atoms with Crippen LogP contribution in [0.1, 0.15) is 67.2 Å². The normalized spacial score (nSPS) is 21.2. The van der Waals surface area contributed by atoms with E-state index in [9.17, 15) is 9.59 Å². The minimum Gasteiger partial charge on any atom is -0.405 e. The molecule has 1 aromatic heterocycles. The van der Waals surface area contributed by atoms with Gasteiger partial charge in [0, 0.05) is 6.20 Å². The summed E-state index contributed by atoms with van der Waals surface area (Å²) in [5.41, 5.74) is -0.799. The van der Waals surface area contributed by atoms with Gasteiger partial charge < -0.3 is 23.1 Å².